The maximum atomic E-state index is 12.1. The molecule has 4 aromatic rings. The molecule has 0 aliphatic heterocycles. The number of hydrazine groups is 1. The number of nitrogens with one attached hydrogen (secondary N) is 2. The molecule has 6 N–H and O–H groups in total. The Balaban J connectivity index is 1.42. The molecule has 0 saturated carbocycles. The molecule has 1 amide bonds. The zero-order chi connectivity index (χ0) is 20.9. The first kappa shape index (κ1) is 19.2. The summed E-state index contributed by atoms with van der Waals surface area (Å²) in [5.41, 5.74) is 10.5. The van der Waals surface area contributed by atoms with Gasteiger partial charge in [-0.25, -0.2) is 5.84 Å². The van der Waals surface area contributed by atoms with E-state index in [4.69, 9.17) is 11.6 Å². The Kier molecular flexibility index (Phi) is 5.40. The lowest BCUT2D eigenvalue weighted by molar-refractivity contribution is 0.0951. The summed E-state index contributed by atoms with van der Waals surface area (Å²) in [6.45, 7) is 0.406. The normalized spacial score (nSPS) is 11.4. The first-order chi connectivity index (χ1) is 14.6. The van der Waals surface area contributed by atoms with Crippen molar-refractivity contribution in [3.8, 4) is 0 Å². The van der Waals surface area contributed by atoms with Crippen LogP contribution >= 0.6 is 0 Å². The van der Waals surface area contributed by atoms with Gasteiger partial charge in [0, 0.05) is 36.1 Å². The van der Waals surface area contributed by atoms with Crippen molar-refractivity contribution in [1.29, 1.82) is 0 Å². The van der Waals surface area contributed by atoms with E-state index in [0.29, 0.717) is 23.5 Å². The SMILES string of the molecule is N/C(=C\N(N)c1ccc(CNC(=O)c2ccncc2)cc1)c1n[nH]c2ccccc12. The molecular weight excluding hydrogens is 378 g/mol. The van der Waals surface area contributed by atoms with E-state index in [0.717, 1.165) is 22.2 Å². The second-order valence-corrected chi connectivity index (χ2v) is 6.69. The highest BCUT2D eigenvalue weighted by molar-refractivity contribution is 5.94. The number of hydrogen-bond donors (Lipinski definition) is 4. The molecule has 0 radical (unpaired) electrons. The van der Waals surface area contributed by atoms with E-state index in [1.165, 1.54) is 5.01 Å². The zero-order valence-electron chi connectivity index (χ0n) is 16.1. The standard InChI is InChI=1S/C22H21N7O/c23-19(21-18-3-1-2-4-20(18)27-28-21)14-29(24)17-7-5-15(6-8-17)13-26-22(30)16-9-11-25-12-10-16/h1-12,14H,13,23-24H2,(H,26,30)(H,27,28)/b19-14-. The molecule has 8 nitrogen and oxygen atoms in total. The van der Waals surface area contributed by atoms with Gasteiger partial charge in [0.25, 0.3) is 5.91 Å². The van der Waals surface area contributed by atoms with E-state index in [9.17, 15) is 4.79 Å². The Morgan fingerprint density at radius 1 is 1.07 bits per heavy atom. The highest BCUT2D eigenvalue weighted by Gasteiger charge is 2.09. The molecule has 2 heterocycles. The number of nitrogens with two attached hydrogens (primary N) is 2. The van der Waals surface area contributed by atoms with Crippen LogP contribution in [-0.2, 0) is 6.54 Å². The number of hydrogen-bond acceptors (Lipinski definition) is 6. The predicted octanol–water partition coefficient (Wildman–Crippen LogP) is 2.53. The Hall–Kier alpha value is -4.17. The van der Waals surface area contributed by atoms with E-state index < -0.39 is 0 Å². The molecule has 2 aromatic heterocycles. The maximum absolute atomic E-state index is 12.1. The topological polar surface area (TPSA) is 126 Å². The maximum Gasteiger partial charge on any atom is 0.251 e. The number of carbonyl (C=O) groups is 1. The zero-order valence-corrected chi connectivity index (χ0v) is 16.1. The average Bonchev–Trinajstić information content (AvgIpc) is 3.23. The van der Waals surface area contributed by atoms with Gasteiger partial charge in [0.2, 0.25) is 0 Å². The summed E-state index contributed by atoms with van der Waals surface area (Å²) < 4.78 is 0. The van der Waals surface area contributed by atoms with Gasteiger partial charge in [0.05, 0.1) is 16.9 Å². The first-order valence-corrected chi connectivity index (χ1v) is 9.33. The second-order valence-electron chi connectivity index (χ2n) is 6.69. The van der Waals surface area contributed by atoms with E-state index in [2.05, 4.69) is 20.5 Å². The van der Waals surface area contributed by atoms with Gasteiger partial charge in [0.1, 0.15) is 5.69 Å². The summed E-state index contributed by atoms with van der Waals surface area (Å²) in [4.78, 5) is 16.0. The van der Waals surface area contributed by atoms with E-state index in [1.54, 1.807) is 30.7 Å². The Morgan fingerprint density at radius 3 is 2.57 bits per heavy atom. The van der Waals surface area contributed by atoms with Crippen molar-refractivity contribution >= 4 is 28.2 Å². The summed E-state index contributed by atoms with van der Waals surface area (Å²) in [5.74, 6) is 6.01. The van der Waals surface area contributed by atoms with Crippen LogP contribution in [0.4, 0.5) is 5.69 Å². The van der Waals surface area contributed by atoms with Crippen molar-refractivity contribution in [3.63, 3.8) is 0 Å². The van der Waals surface area contributed by atoms with Gasteiger partial charge in [-0.15, -0.1) is 0 Å². The average molecular weight is 399 g/mol. The highest BCUT2D eigenvalue weighted by atomic mass is 16.1. The molecule has 8 heteroatoms. The molecule has 2 aromatic carbocycles. The van der Waals surface area contributed by atoms with Gasteiger partial charge < -0.3 is 11.1 Å². The number of aromatic nitrogens is 3. The van der Waals surface area contributed by atoms with Crippen LogP contribution in [0.25, 0.3) is 16.6 Å². The number of rotatable bonds is 6. The molecule has 0 saturated heterocycles. The molecule has 0 spiro atoms. The number of para-hydroxylation sites is 1. The number of fused-ring (bicyclic) bond motifs is 1. The number of nitrogens with zero attached hydrogens (tertiary/aromatic N) is 3. The largest absolute Gasteiger partial charge is 0.396 e. The Labute approximate surface area is 173 Å². The lowest BCUT2D eigenvalue weighted by Crippen LogP contribution is -2.26. The van der Waals surface area contributed by atoms with Crippen molar-refractivity contribution in [2.24, 2.45) is 11.6 Å². The smallest absolute Gasteiger partial charge is 0.251 e. The van der Waals surface area contributed by atoms with Crippen molar-refractivity contribution in [2.75, 3.05) is 5.01 Å². The van der Waals surface area contributed by atoms with E-state index in [1.807, 2.05) is 48.5 Å². The molecule has 0 bridgehead atoms. The first-order valence-electron chi connectivity index (χ1n) is 9.33. The quantitative estimate of drug-likeness (QED) is 0.292. The summed E-state index contributed by atoms with van der Waals surface area (Å²) >= 11 is 0. The van der Waals surface area contributed by atoms with Crippen molar-refractivity contribution < 1.29 is 4.79 Å². The third-order valence-corrected chi connectivity index (χ3v) is 4.65. The molecule has 4 rings (SSSR count). The molecule has 0 unspecified atom stereocenters. The minimum Gasteiger partial charge on any atom is -0.396 e. The molecule has 30 heavy (non-hydrogen) atoms. The van der Waals surface area contributed by atoms with Crippen molar-refractivity contribution in [1.82, 2.24) is 20.5 Å². The van der Waals surface area contributed by atoms with Gasteiger partial charge >= 0.3 is 0 Å². The summed E-state index contributed by atoms with van der Waals surface area (Å²) in [7, 11) is 0. The fourth-order valence-corrected chi connectivity index (χ4v) is 3.04. The van der Waals surface area contributed by atoms with Crippen LogP contribution in [0.1, 0.15) is 21.6 Å². The van der Waals surface area contributed by atoms with E-state index in [-0.39, 0.29) is 5.91 Å². The fourth-order valence-electron chi connectivity index (χ4n) is 3.04. The van der Waals surface area contributed by atoms with Crippen LogP contribution in [0.3, 0.4) is 0 Å². The number of amides is 1. The Bertz CT molecular complexity index is 1180. The third kappa shape index (κ3) is 4.13. The van der Waals surface area contributed by atoms with Crippen LogP contribution < -0.4 is 21.9 Å². The predicted molar refractivity (Wildman–Crippen MR) is 117 cm³/mol. The van der Waals surface area contributed by atoms with E-state index >= 15 is 0 Å². The van der Waals surface area contributed by atoms with Gasteiger partial charge in [-0.05, 0) is 35.9 Å². The highest BCUT2D eigenvalue weighted by Crippen LogP contribution is 2.21. The van der Waals surface area contributed by atoms with Gasteiger partial charge in [-0.1, -0.05) is 30.3 Å². The second kappa shape index (κ2) is 8.46. The number of aromatic amines is 1. The molecule has 150 valence electrons. The number of pyridine rings is 1. The number of carbonyl (C=O) groups excluding carboxylic acids is 1. The summed E-state index contributed by atoms with van der Waals surface area (Å²) in [6, 6.07) is 18.6. The van der Waals surface area contributed by atoms with Gasteiger partial charge in [-0.2, -0.15) is 5.10 Å². The minimum atomic E-state index is -0.149. The number of H-pyrrole nitrogens is 1. The lowest BCUT2D eigenvalue weighted by Gasteiger charge is -2.15. The third-order valence-electron chi connectivity index (χ3n) is 4.65. The number of anilines is 1. The van der Waals surface area contributed by atoms with Gasteiger partial charge in [-0.3, -0.25) is 19.9 Å². The number of benzene rings is 2. The Morgan fingerprint density at radius 2 is 1.80 bits per heavy atom. The molecule has 0 atom stereocenters. The lowest BCUT2D eigenvalue weighted by atomic mass is 10.1. The van der Waals surface area contributed by atoms with Crippen molar-refractivity contribution in [2.45, 2.75) is 6.54 Å². The van der Waals surface area contributed by atoms with Crippen LogP contribution in [0.15, 0.2) is 79.3 Å². The molecule has 0 fully saturated rings. The summed E-state index contributed by atoms with van der Waals surface area (Å²) in [6.07, 6.45) is 4.80. The van der Waals surface area contributed by atoms with Gasteiger partial charge in [0.15, 0.2) is 0 Å². The monoisotopic (exact) mass is 399 g/mol. The molecule has 0 aliphatic carbocycles. The van der Waals surface area contributed by atoms with Crippen LogP contribution in [0, 0.1) is 0 Å². The fraction of sp³-hybridized carbons (Fsp3) is 0.0455. The van der Waals surface area contributed by atoms with Crippen LogP contribution in [-0.4, -0.2) is 21.1 Å². The summed E-state index contributed by atoms with van der Waals surface area (Å²) in [5, 5.41) is 12.5. The van der Waals surface area contributed by atoms with Crippen LogP contribution in [0.5, 0.6) is 0 Å². The molecule has 0 aliphatic rings. The van der Waals surface area contributed by atoms with Crippen molar-refractivity contribution in [3.05, 3.63) is 96.1 Å². The molecular formula is C22H21N7O. The van der Waals surface area contributed by atoms with Crippen LogP contribution in [0.2, 0.25) is 0 Å². The minimum absolute atomic E-state index is 0.149.